The van der Waals surface area contributed by atoms with Gasteiger partial charge in [-0.25, -0.2) is 18.9 Å². The lowest BCUT2D eigenvalue weighted by Crippen LogP contribution is -2.28. The van der Waals surface area contributed by atoms with Gasteiger partial charge in [0.1, 0.15) is 12.4 Å². The summed E-state index contributed by atoms with van der Waals surface area (Å²) in [6, 6.07) is 10.9. The first-order valence-electron chi connectivity index (χ1n) is 9.08. The van der Waals surface area contributed by atoms with Gasteiger partial charge in [0.15, 0.2) is 5.65 Å². The van der Waals surface area contributed by atoms with Gasteiger partial charge in [0.25, 0.3) is 0 Å². The average Bonchev–Trinajstić information content (AvgIpc) is 3.04. The highest BCUT2D eigenvalue weighted by Gasteiger charge is 2.30. The molecular weight excluding hydrogens is 413 g/mol. The molecule has 1 aromatic carbocycles. The smallest absolute Gasteiger partial charge is 0.324 e. The molecule has 31 heavy (non-hydrogen) atoms. The third-order valence-electron chi connectivity index (χ3n) is 4.45. The van der Waals surface area contributed by atoms with Crippen molar-refractivity contribution in [2.75, 3.05) is 5.32 Å². The second-order valence-electron chi connectivity index (χ2n) is 6.66. The van der Waals surface area contributed by atoms with E-state index in [-0.39, 0.29) is 5.69 Å². The summed E-state index contributed by atoms with van der Waals surface area (Å²) in [5, 5.41) is 6.63. The quantitative estimate of drug-likeness (QED) is 0.540. The largest absolute Gasteiger partial charge is 0.416 e. The highest BCUT2D eigenvalue weighted by atomic mass is 19.4. The molecule has 158 valence electrons. The van der Waals surface area contributed by atoms with Gasteiger partial charge in [-0.1, -0.05) is 6.07 Å². The molecule has 0 unspecified atom stereocenters. The van der Waals surface area contributed by atoms with Gasteiger partial charge in [-0.2, -0.15) is 13.2 Å². The number of hydrogen-bond acceptors (Lipinski definition) is 5. The third kappa shape index (κ3) is 4.15. The highest BCUT2D eigenvalue weighted by Crippen LogP contribution is 2.29. The zero-order chi connectivity index (χ0) is 22.2. The molecule has 0 fully saturated rings. The van der Waals surface area contributed by atoms with Crippen LogP contribution in [0.4, 0.5) is 18.9 Å². The molecule has 0 saturated heterocycles. The molecule has 0 aliphatic rings. The predicted molar refractivity (Wildman–Crippen MR) is 105 cm³/mol. The van der Waals surface area contributed by atoms with Crippen molar-refractivity contribution in [3.05, 3.63) is 76.6 Å². The van der Waals surface area contributed by atoms with E-state index in [1.807, 2.05) is 0 Å². The highest BCUT2D eigenvalue weighted by molar-refractivity contribution is 5.90. The van der Waals surface area contributed by atoms with E-state index in [9.17, 15) is 22.8 Å². The Labute approximate surface area is 173 Å². The lowest BCUT2D eigenvalue weighted by atomic mass is 10.2. The molecule has 3 heterocycles. The van der Waals surface area contributed by atoms with Gasteiger partial charge in [0.05, 0.1) is 17.0 Å². The number of alkyl halides is 3. The fourth-order valence-corrected chi connectivity index (χ4v) is 3.03. The number of aryl methyl sites for hydroxylation is 1. The minimum Gasteiger partial charge on any atom is -0.324 e. The van der Waals surface area contributed by atoms with Gasteiger partial charge < -0.3 is 5.32 Å². The van der Waals surface area contributed by atoms with E-state index in [1.165, 1.54) is 4.40 Å². The lowest BCUT2D eigenvalue weighted by Gasteiger charge is -2.08. The molecule has 3 aromatic heterocycles. The van der Waals surface area contributed by atoms with Crippen LogP contribution in [0.1, 0.15) is 11.4 Å². The Morgan fingerprint density at radius 2 is 1.84 bits per heavy atom. The lowest BCUT2D eigenvalue weighted by molar-refractivity contribution is -0.137. The fraction of sp³-hybridized carbons (Fsp3) is 0.150. The molecule has 0 aliphatic carbocycles. The van der Waals surface area contributed by atoms with Crippen LogP contribution >= 0.6 is 0 Å². The Hall–Kier alpha value is -4.02. The number of nitrogens with zero attached hydrogens (tertiary/aromatic N) is 5. The van der Waals surface area contributed by atoms with Crippen LogP contribution in [0, 0.1) is 6.92 Å². The van der Waals surface area contributed by atoms with Gasteiger partial charge in [-0.15, -0.1) is 5.10 Å². The number of aromatic nitrogens is 5. The van der Waals surface area contributed by atoms with Crippen LogP contribution in [-0.4, -0.2) is 30.1 Å². The molecule has 8 nitrogen and oxygen atoms in total. The maximum absolute atomic E-state index is 12.6. The number of carbonyl (C=O) groups excluding carboxylic acids is 1. The Bertz CT molecular complexity index is 1310. The topological polar surface area (TPSA) is 94.2 Å². The summed E-state index contributed by atoms with van der Waals surface area (Å²) in [7, 11) is 0. The summed E-state index contributed by atoms with van der Waals surface area (Å²) < 4.78 is 40.1. The van der Waals surface area contributed by atoms with Crippen molar-refractivity contribution in [1.29, 1.82) is 0 Å². The summed E-state index contributed by atoms with van der Waals surface area (Å²) in [6.07, 6.45) is -2.85. The first-order valence-corrected chi connectivity index (χ1v) is 9.08. The molecule has 0 saturated carbocycles. The van der Waals surface area contributed by atoms with Crippen molar-refractivity contribution >= 4 is 17.2 Å². The maximum Gasteiger partial charge on any atom is 0.416 e. The molecule has 0 spiro atoms. The molecule has 1 amide bonds. The van der Waals surface area contributed by atoms with E-state index in [0.717, 1.165) is 28.9 Å². The van der Waals surface area contributed by atoms with E-state index in [2.05, 4.69) is 20.4 Å². The van der Waals surface area contributed by atoms with E-state index < -0.39 is 29.9 Å². The average molecular weight is 428 g/mol. The second kappa shape index (κ2) is 7.67. The van der Waals surface area contributed by atoms with Crippen LogP contribution in [0.5, 0.6) is 0 Å². The van der Waals surface area contributed by atoms with Crippen LogP contribution in [-0.2, 0) is 17.5 Å². The van der Waals surface area contributed by atoms with Crippen LogP contribution < -0.4 is 11.0 Å². The molecule has 1 N–H and O–H groups in total. The van der Waals surface area contributed by atoms with E-state index in [0.29, 0.717) is 22.9 Å². The number of amides is 1. The zero-order valence-electron chi connectivity index (χ0n) is 16.1. The van der Waals surface area contributed by atoms with E-state index >= 15 is 0 Å². The van der Waals surface area contributed by atoms with Crippen molar-refractivity contribution in [3.63, 3.8) is 0 Å². The molecule has 0 aliphatic heterocycles. The van der Waals surface area contributed by atoms with Crippen LogP contribution in [0.3, 0.4) is 0 Å². The number of anilines is 1. The first-order chi connectivity index (χ1) is 14.7. The van der Waals surface area contributed by atoms with Gasteiger partial charge in [0, 0.05) is 18.0 Å². The summed E-state index contributed by atoms with van der Waals surface area (Å²) in [6.45, 7) is 1.22. The van der Waals surface area contributed by atoms with Crippen LogP contribution in [0.2, 0.25) is 0 Å². The Kier molecular flexibility index (Phi) is 5.01. The Morgan fingerprint density at radius 3 is 2.48 bits per heavy atom. The number of nitrogens with one attached hydrogen (secondary N) is 1. The second-order valence-corrected chi connectivity index (χ2v) is 6.66. The molecule has 4 rings (SSSR count). The van der Waals surface area contributed by atoms with Gasteiger partial charge in [-0.3, -0.25) is 9.78 Å². The molecule has 0 atom stereocenters. The summed E-state index contributed by atoms with van der Waals surface area (Å²) in [4.78, 5) is 33.5. The van der Waals surface area contributed by atoms with Crippen molar-refractivity contribution in [1.82, 2.24) is 24.1 Å². The standard InChI is InChI=1S/C20H15F3N6O2/c1-12-25-16(15-4-2-3-9-24-15)10-17-27-28(19(31)29(12)17)11-18(30)26-14-7-5-13(6-8-14)20(21,22)23/h2-10H,11H2,1H3,(H,26,30). The number of pyridine rings is 1. The van der Waals surface area contributed by atoms with Crippen LogP contribution in [0.25, 0.3) is 17.0 Å². The normalized spacial score (nSPS) is 11.6. The minimum atomic E-state index is -4.47. The molecule has 0 bridgehead atoms. The SMILES string of the molecule is Cc1nc(-c2ccccn2)cc2nn(CC(=O)Nc3ccc(C(F)(F)F)cc3)c(=O)n12. The van der Waals surface area contributed by atoms with Crippen LogP contribution in [0.15, 0.2) is 59.5 Å². The number of rotatable bonds is 4. The van der Waals surface area contributed by atoms with Crippen molar-refractivity contribution in [2.24, 2.45) is 0 Å². The Morgan fingerprint density at radius 1 is 1.10 bits per heavy atom. The molecule has 11 heteroatoms. The number of halogens is 3. The van der Waals surface area contributed by atoms with Crippen molar-refractivity contribution in [3.8, 4) is 11.4 Å². The van der Waals surface area contributed by atoms with Crippen molar-refractivity contribution in [2.45, 2.75) is 19.6 Å². The maximum atomic E-state index is 12.6. The number of fused-ring (bicyclic) bond motifs is 1. The van der Waals surface area contributed by atoms with E-state index in [4.69, 9.17) is 0 Å². The van der Waals surface area contributed by atoms with Gasteiger partial charge in [0.2, 0.25) is 5.91 Å². The molecule has 0 radical (unpaired) electrons. The third-order valence-corrected chi connectivity index (χ3v) is 4.45. The number of hydrogen-bond donors (Lipinski definition) is 1. The summed E-state index contributed by atoms with van der Waals surface area (Å²) in [5.41, 5.74) is 0.210. The summed E-state index contributed by atoms with van der Waals surface area (Å²) >= 11 is 0. The molecular formula is C20H15F3N6O2. The first kappa shape index (κ1) is 20.3. The Balaban J connectivity index is 1.57. The monoisotopic (exact) mass is 428 g/mol. The zero-order valence-corrected chi connectivity index (χ0v) is 16.1. The summed E-state index contributed by atoms with van der Waals surface area (Å²) in [5.74, 6) is -0.238. The molecule has 4 aromatic rings. The van der Waals surface area contributed by atoms with Gasteiger partial charge in [-0.05, 0) is 43.3 Å². The fourth-order valence-electron chi connectivity index (χ4n) is 3.03. The number of carbonyl (C=O) groups is 1. The predicted octanol–water partition coefficient (Wildman–Crippen LogP) is 2.92. The minimum absolute atomic E-state index is 0.171. The van der Waals surface area contributed by atoms with E-state index in [1.54, 1.807) is 37.4 Å². The number of benzene rings is 1. The van der Waals surface area contributed by atoms with Gasteiger partial charge >= 0.3 is 11.9 Å². The van der Waals surface area contributed by atoms with Crippen molar-refractivity contribution < 1.29 is 18.0 Å².